The molecule has 3 nitrogen and oxygen atoms in total. The van der Waals surface area contributed by atoms with Gasteiger partial charge in [-0.25, -0.2) is 4.98 Å². The number of imidazole rings is 1. The van der Waals surface area contributed by atoms with Crippen LogP contribution in [0.15, 0.2) is 12.4 Å². The summed E-state index contributed by atoms with van der Waals surface area (Å²) in [6.45, 7) is 12.0. The Morgan fingerprint density at radius 1 is 1.38 bits per heavy atom. The Bertz CT molecular complexity index is 296. The van der Waals surface area contributed by atoms with E-state index >= 15 is 0 Å². The van der Waals surface area contributed by atoms with Gasteiger partial charge in [-0.05, 0) is 24.8 Å². The van der Waals surface area contributed by atoms with Crippen LogP contribution >= 0.6 is 0 Å². The van der Waals surface area contributed by atoms with Gasteiger partial charge >= 0.3 is 0 Å². The van der Waals surface area contributed by atoms with Gasteiger partial charge in [-0.2, -0.15) is 0 Å². The summed E-state index contributed by atoms with van der Waals surface area (Å²) >= 11 is 0. The predicted octanol–water partition coefficient (Wildman–Crippen LogP) is 2.82. The molecule has 3 heteroatoms. The Hall–Kier alpha value is -0.830. The molecule has 0 saturated carbocycles. The van der Waals surface area contributed by atoms with Crippen LogP contribution in [0.3, 0.4) is 0 Å². The summed E-state index contributed by atoms with van der Waals surface area (Å²) < 4.78 is 2.23. The van der Waals surface area contributed by atoms with Gasteiger partial charge < -0.3 is 9.88 Å². The van der Waals surface area contributed by atoms with Crippen molar-refractivity contribution in [2.24, 2.45) is 5.41 Å². The van der Waals surface area contributed by atoms with Gasteiger partial charge in [0.2, 0.25) is 0 Å². The lowest BCUT2D eigenvalue weighted by Crippen LogP contribution is -2.22. The first-order valence-electron chi connectivity index (χ1n) is 6.23. The van der Waals surface area contributed by atoms with E-state index in [4.69, 9.17) is 0 Å². The number of rotatable bonds is 6. The Morgan fingerprint density at radius 2 is 2.12 bits per heavy atom. The van der Waals surface area contributed by atoms with Crippen LogP contribution < -0.4 is 5.32 Å². The molecule has 0 aliphatic heterocycles. The SMILES string of the molecule is CCCn1ccnc1CNCCC(C)(C)C. The smallest absolute Gasteiger partial charge is 0.122 e. The van der Waals surface area contributed by atoms with E-state index in [1.165, 1.54) is 6.42 Å². The molecule has 1 aromatic heterocycles. The molecule has 0 aliphatic rings. The normalized spacial score (nSPS) is 12.0. The molecule has 0 spiro atoms. The number of aryl methyl sites for hydroxylation is 1. The van der Waals surface area contributed by atoms with Gasteiger partial charge in [0.25, 0.3) is 0 Å². The van der Waals surface area contributed by atoms with Crippen molar-refractivity contribution in [1.29, 1.82) is 0 Å². The minimum absolute atomic E-state index is 0.409. The maximum absolute atomic E-state index is 4.37. The summed E-state index contributed by atoms with van der Waals surface area (Å²) in [5.41, 5.74) is 0.409. The van der Waals surface area contributed by atoms with Gasteiger partial charge in [-0.3, -0.25) is 0 Å². The van der Waals surface area contributed by atoms with E-state index in [1.54, 1.807) is 0 Å². The lowest BCUT2D eigenvalue weighted by Gasteiger charge is -2.18. The summed E-state index contributed by atoms with van der Waals surface area (Å²) in [5, 5.41) is 3.46. The molecule has 0 radical (unpaired) electrons. The zero-order valence-corrected chi connectivity index (χ0v) is 11.1. The number of hydrogen-bond donors (Lipinski definition) is 1. The van der Waals surface area contributed by atoms with E-state index in [2.05, 4.69) is 48.8 Å². The predicted molar refractivity (Wildman–Crippen MR) is 68.3 cm³/mol. The molecule has 1 N–H and O–H groups in total. The van der Waals surface area contributed by atoms with Gasteiger partial charge in [0.15, 0.2) is 0 Å². The molecule has 92 valence electrons. The van der Waals surface area contributed by atoms with Crippen molar-refractivity contribution in [2.75, 3.05) is 6.54 Å². The first-order valence-corrected chi connectivity index (χ1v) is 6.23. The number of nitrogens with one attached hydrogen (secondary N) is 1. The molecule has 0 aromatic carbocycles. The van der Waals surface area contributed by atoms with Gasteiger partial charge in [0, 0.05) is 18.9 Å². The molecule has 0 saturated heterocycles. The minimum Gasteiger partial charge on any atom is -0.334 e. The third kappa shape index (κ3) is 4.79. The van der Waals surface area contributed by atoms with Crippen molar-refractivity contribution >= 4 is 0 Å². The molecular weight excluding hydrogens is 198 g/mol. The monoisotopic (exact) mass is 223 g/mol. The fraction of sp³-hybridized carbons (Fsp3) is 0.769. The van der Waals surface area contributed by atoms with E-state index in [1.807, 2.05) is 6.20 Å². The summed E-state index contributed by atoms with van der Waals surface area (Å²) in [4.78, 5) is 4.37. The second-order valence-electron chi connectivity index (χ2n) is 5.52. The number of nitrogens with zero attached hydrogens (tertiary/aromatic N) is 2. The van der Waals surface area contributed by atoms with Crippen molar-refractivity contribution in [2.45, 2.75) is 53.6 Å². The van der Waals surface area contributed by atoms with Crippen LogP contribution in [0.1, 0.15) is 46.4 Å². The fourth-order valence-corrected chi connectivity index (χ4v) is 1.62. The van der Waals surface area contributed by atoms with Crippen LogP contribution in [0.4, 0.5) is 0 Å². The van der Waals surface area contributed by atoms with Crippen LogP contribution in [0.25, 0.3) is 0 Å². The van der Waals surface area contributed by atoms with Crippen molar-refractivity contribution < 1.29 is 0 Å². The maximum Gasteiger partial charge on any atom is 0.122 e. The van der Waals surface area contributed by atoms with E-state index < -0.39 is 0 Å². The molecule has 1 aromatic rings. The molecule has 0 atom stereocenters. The lowest BCUT2D eigenvalue weighted by atomic mass is 9.92. The zero-order chi connectivity index (χ0) is 12.0. The Morgan fingerprint density at radius 3 is 2.75 bits per heavy atom. The van der Waals surface area contributed by atoms with Crippen LogP contribution in [0.2, 0.25) is 0 Å². The van der Waals surface area contributed by atoms with Crippen LogP contribution in [0.5, 0.6) is 0 Å². The third-order valence-corrected chi connectivity index (χ3v) is 2.60. The largest absolute Gasteiger partial charge is 0.334 e. The van der Waals surface area contributed by atoms with E-state index in [-0.39, 0.29) is 0 Å². The highest BCUT2D eigenvalue weighted by molar-refractivity contribution is 4.91. The first-order chi connectivity index (χ1) is 7.53. The molecule has 0 bridgehead atoms. The molecule has 1 heterocycles. The molecule has 0 aliphatic carbocycles. The number of hydrogen-bond acceptors (Lipinski definition) is 2. The number of aromatic nitrogens is 2. The topological polar surface area (TPSA) is 29.9 Å². The second-order valence-corrected chi connectivity index (χ2v) is 5.52. The minimum atomic E-state index is 0.409. The summed E-state index contributed by atoms with van der Waals surface area (Å²) in [7, 11) is 0. The summed E-state index contributed by atoms with van der Waals surface area (Å²) in [6.07, 6.45) is 6.30. The van der Waals surface area contributed by atoms with Gasteiger partial charge in [0.05, 0.1) is 6.54 Å². The lowest BCUT2D eigenvalue weighted by molar-refractivity contribution is 0.365. The molecule has 0 fully saturated rings. The fourth-order valence-electron chi connectivity index (χ4n) is 1.62. The standard InChI is InChI=1S/C13H25N3/c1-5-9-16-10-8-15-12(16)11-14-7-6-13(2,3)4/h8,10,14H,5-7,9,11H2,1-4H3. The molecule has 1 rings (SSSR count). The van der Waals surface area contributed by atoms with Gasteiger partial charge in [-0.1, -0.05) is 27.7 Å². The average molecular weight is 223 g/mol. The Kier molecular flexibility index (Phi) is 5.00. The highest BCUT2D eigenvalue weighted by Gasteiger charge is 2.09. The molecular formula is C13H25N3. The average Bonchev–Trinajstić information content (AvgIpc) is 2.60. The third-order valence-electron chi connectivity index (χ3n) is 2.60. The summed E-state index contributed by atoms with van der Waals surface area (Å²) in [5.74, 6) is 1.15. The highest BCUT2D eigenvalue weighted by Crippen LogP contribution is 2.16. The van der Waals surface area contributed by atoms with Crippen LogP contribution in [-0.2, 0) is 13.1 Å². The van der Waals surface area contributed by atoms with Crippen molar-refractivity contribution in [3.8, 4) is 0 Å². The van der Waals surface area contributed by atoms with E-state index in [0.717, 1.165) is 31.9 Å². The quantitative estimate of drug-likeness (QED) is 0.752. The Labute approximate surface area is 99.3 Å². The van der Waals surface area contributed by atoms with E-state index in [9.17, 15) is 0 Å². The van der Waals surface area contributed by atoms with Crippen molar-refractivity contribution in [1.82, 2.24) is 14.9 Å². The second kappa shape index (κ2) is 6.04. The molecule has 0 amide bonds. The van der Waals surface area contributed by atoms with Crippen LogP contribution in [0, 0.1) is 5.41 Å². The van der Waals surface area contributed by atoms with Crippen molar-refractivity contribution in [3.05, 3.63) is 18.2 Å². The van der Waals surface area contributed by atoms with E-state index in [0.29, 0.717) is 5.41 Å². The van der Waals surface area contributed by atoms with Gasteiger partial charge in [-0.15, -0.1) is 0 Å². The molecule has 16 heavy (non-hydrogen) atoms. The molecule has 0 unspecified atom stereocenters. The van der Waals surface area contributed by atoms with Crippen LogP contribution in [-0.4, -0.2) is 16.1 Å². The van der Waals surface area contributed by atoms with Gasteiger partial charge in [0.1, 0.15) is 5.82 Å². The highest BCUT2D eigenvalue weighted by atomic mass is 15.1. The maximum atomic E-state index is 4.37. The summed E-state index contributed by atoms with van der Waals surface area (Å²) in [6, 6.07) is 0. The Balaban J connectivity index is 2.29. The zero-order valence-electron chi connectivity index (χ0n) is 11.1. The first kappa shape index (κ1) is 13.2. The van der Waals surface area contributed by atoms with Crippen molar-refractivity contribution in [3.63, 3.8) is 0 Å².